The molecule has 1 rings (SSSR count). The molecule has 0 amide bonds. The second-order valence-corrected chi connectivity index (χ2v) is 2.46. The van der Waals surface area contributed by atoms with E-state index in [1.54, 1.807) is 0 Å². The van der Waals surface area contributed by atoms with Crippen LogP contribution in [0.2, 0.25) is 0 Å². The SMILES string of the molecule is C=C/C=C1/CNCCC1=C. The first-order valence-corrected chi connectivity index (χ1v) is 3.55. The van der Waals surface area contributed by atoms with Crippen LogP contribution in [0.3, 0.4) is 0 Å². The van der Waals surface area contributed by atoms with E-state index in [0.29, 0.717) is 0 Å². The Morgan fingerprint density at radius 1 is 1.50 bits per heavy atom. The minimum Gasteiger partial charge on any atom is -0.312 e. The lowest BCUT2D eigenvalue weighted by Gasteiger charge is -2.17. The fourth-order valence-corrected chi connectivity index (χ4v) is 1.07. The van der Waals surface area contributed by atoms with E-state index >= 15 is 0 Å². The number of hydrogen-bond acceptors (Lipinski definition) is 1. The third-order valence-corrected chi connectivity index (χ3v) is 1.69. The Balaban J connectivity index is 2.64. The molecular weight excluding hydrogens is 122 g/mol. The van der Waals surface area contributed by atoms with Crippen LogP contribution < -0.4 is 5.32 Å². The van der Waals surface area contributed by atoms with Gasteiger partial charge in [0.2, 0.25) is 0 Å². The molecule has 0 saturated carbocycles. The molecule has 0 bridgehead atoms. The van der Waals surface area contributed by atoms with Gasteiger partial charge >= 0.3 is 0 Å². The first-order valence-electron chi connectivity index (χ1n) is 3.55. The first-order chi connectivity index (χ1) is 4.84. The van der Waals surface area contributed by atoms with Crippen molar-refractivity contribution in [1.29, 1.82) is 0 Å². The molecule has 1 N–H and O–H groups in total. The second-order valence-electron chi connectivity index (χ2n) is 2.46. The van der Waals surface area contributed by atoms with Crippen LogP contribution in [0, 0.1) is 0 Å². The maximum Gasteiger partial charge on any atom is 0.0208 e. The molecule has 1 nitrogen and oxygen atoms in total. The molecule has 0 aliphatic carbocycles. The predicted octanol–water partition coefficient (Wildman–Crippen LogP) is 1.65. The quantitative estimate of drug-likeness (QED) is 0.576. The average Bonchev–Trinajstić information content (AvgIpc) is 1.94. The van der Waals surface area contributed by atoms with Gasteiger partial charge in [0.1, 0.15) is 0 Å². The Morgan fingerprint density at radius 2 is 2.30 bits per heavy atom. The van der Waals surface area contributed by atoms with E-state index in [-0.39, 0.29) is 0 Å². The molecule has 0 aromatic heterocycles. The van der Waals surface area contributed by atoms with Gasteiger partial charge in [0.15, 0.2) is 0 Å². The Hall–Kier alpha value is -0.820. The van der Waals surface area contributed by atoms with E-state index in [1.807, 2.05) is 12.2 Å². The second kappa shape index (κ2) is 3.37. The molecule has 1 aliphatic rings. The van der Waals surface area contributed by atoms with Gasteiger partial charge in [-0.1, -0.05) is 25.3 Å². The third-order valence-electron chi connectivity index (χ3n) is 1.69. The zero-order valence-corrected chi connectivity index (χ0v) is 6.19. The Bertz CT molecular complexity index is 177. The van der Waals surface area contributed by atoms with Crippen molar-refractivity contribution < 1.29 is 0 Å². The van der Waals surface area contributed by atoms with E-state index < -0.39 is 0 Å². The van der Waals surface area contributed by atoms with Crippen LogP contribution in [0.1, 0.15) is 6.42 Å². The minimum absolute atomic E-state index is 0.949. The van der Waals surface area contributed by atoms with Crippen LogP contribution in [0.5, 0.6) is 0 Å². The van der Waals surface area contributed by atoms with Crippen LogP contribution in [-0.4, -0.2) is 13.1 Å². The fraction of sp³-hybridized carbons (Fsp3) is 0.333. The highest BCUT2D eigenvalue weighted by Crippen LogP contribution is 2.13. The number of allylic oxidation sites excluding steroid dienone is 2. The maximum absolute atomic E-state index is 3.96. The van der Waals surface area contributed by atoms with Crippen LogP contribution in [0.15, 0.2) is 36.5 Å². The van der Waals surface area contributed by atoms with Gasteiger partial charge in [0, 0.05) is 6.54 Å². The summed E-state index contributed by atoms with van der Waals surface area (Å²) in [5, 5.41) is 3.27. The molecule has 54 valence electrons. The summed E-state index contributed by atoms with van der Waals surface area (Å²) in [6, 6.07) is 0. The van der Waals surface area contributed by atoms with Gasteiger partial charge in [-0.25, -0.2) is 0 Å². The summed E-state index contributed by atoms with van der Waals surface area (Å²) in [5.74, 6) is 0. The van der Waals surface area contributed by atoms with Crippen LogP contribution in [0.4, 0.5) is 0 Å². The fourth-order valence-electron chi connectivity index (χ4n) is 1.07. The normalized spacial score (nSPS) is 23.2. The summed E-state index contributed by atoms with van der Waals surface area (Å²) in [7, 11) is 0. The summed E-state index contributed by atoms with van der Waals surface area (Å²) in [4.78, 5) is 0. The minimum atomic E-state index is 0.949. The Labute approximate surface area is 62.1 Å². The van der Waals surface area contributed by atoms with Crippen molar-refractivity contribution >= 4 is 0 Å². The van der Waals surface area contributed by atoms with Crippen molar-refractivity contribution in [2.75, 3.05) is 13.1 Å². The van der Waals surface area contributed by atoms with Crippen molar-refractivity contribution in [2.45, 2.75) is 6.42 Å². The molecule has 0 radical (unpaired) electrons. The van der Waals surface area contributed by atoms with Crippen molar-refractivity contribution in [1.82, 2.24) is 5.32 Å². The molecular formula is C9H13N. The van der Waals surface area contributed by atoms with Crippen molar-refractivity contribution in [3.05, 3.63) is 36.5 Å². The molecule has 1 fully saturated rings. The average molecular weight is 135 g/mol. The Kier molecular flexibility index (Phi) is 2.46. The summed E-state index contributed by atoms with van der Waals surface area (Å²) in [6.07, 6.45) is 4.90. The van der Waals surface area contributed by atoms with Gasteiger partial charge in [-0.3, -0.25) is 0 Å². The van der Waals surface area contributed by atoms with Gasteiger partial charge in [0.25, 0.3) is 0 Å². The van der Waals surface area contributed by atoms with E-state index in [0.717, 1.165) is 19.5 Å². The molecule has 10 heavy (non-hydrogen) atoms. The highest BCUT2D eigenvalue weighted by atomic mass is 14.9. The van der Waals surface area contributed by atoms with Crippen LogP contribution >= 0.6 is 0 Å². The van der Waals surface area contributed by atoms with Crippen molar-refractivity contribution in [2.24, 2.45) is 0 Å². The monoisotopic (exact) mass is 135 g/mol. The number of hydrogen-bond donors (Lipinski definition) is 1. The summed E-state index contributed by atoms with van der Waals surface area (Å²) in [5.41, 5.74) is 2.54. The van der Waals surface area contributed by atoms with Crippen molar-refractivity contribution in [3.63, 3.8) is 0 Å². The standard InChI is InChI=1S/C9H13N/c1-3-4-9-7-10-6-5-8(9)2/h3-4,10H,1-2,5-7H2/b9-4-. The zero-order valence-electron chi connectivity index (χ0n) is 6.19. The van der Waals surface area contributed by atoms with Gasteiger partial charge in [-0.2, -0.15) is 0 Å². The molecule has 1 saturated heterocycles. The zero-order chi connectivity index (χ0) is 7.40. The van der Waals surface area contributed by atoms with E-state index in [9.17, 15) is 0 Å². The van der Waals surface area contributed by atoms with Gasteiger partial charge in [-0.15, -0.1) is 0 Å². The lowest BCUT2D eigenvalue weighted by molar-refractivity contribution is 0.684. The van der Waals surface area contributed by atoms with Gasteiger partial charge in [-0.05, 0) is 24.1 Å². The first kappa shape index (κ1) is 7.29. The molecule has 1 heteroatoms. The lowest BCUT2D eigenvalue weighted by atomic mass is 10.0. The van der Waals surface area contributed by atoms with Gasteiger partial charge in [0.05, 0.1) is 0 Å². The highest BCUT2D eigenvalue weighted by molar-refractivity contribution is 5.34. The maximum atomic E-state index is 3.96. The topological polar surface area (TPSA) is 12.0 Å². The number of rotatable bonds is 1. The molecule has 0 aromatic carbocycles. The molecule has 1 heterocycles. The highest BCUT2D eigenvalue weighted by Gasteiger charge is 2.06. The third kappa shape index (κ3) is 1.58. The van der Waals surface area contributed by atoms with Crippen molar-refractivity contribution in [3.8, 4) is 0 Å². The van der Waals surface area contributed by atoms with Crippen LogP contribution in [-0.2, 0) is 0 Å². The smallest absolute Gasteiger partial charge is 0.0208 e. The lowest BCUT2D eigenvalue weighted by Crippen LogP contribution is -2.25. The molecule has 0 aromatic rings. The summed E-state index contributed by atoms with van der Waals surface area (Å²) in [6.45, 7) is 9.61. The molecule has 0 spiro atoms. The molecule has 1 aliphatic heterocycles. The largest absolute Gasteiger partial charge is 0.312 e. The molecule has 0 atom stereocenters. The summed E-state index contributed by atoms with van der Waals surface area (Å²) >= 11 is 0. The Morgan fingerprint density at radius 3 is 2.90 bits per heavy atom. The van der Waals surface area contributed by atoms with E-state index in [4.69, 9.17) is 0 Å². The van der Waals surface area contributed by atoms with E-state index in [2.05, 4.69) is 18.5 Å². The summed E-state index contributed by atoms with van der Waals surface area (Å²) < 4.78 is 0. The van der Waals surface area contributed by atoms with Crippen LogP contribution in [0.25, 0.3) is 0 Å². The van der Waals surface area contributed by atoms with E-state index in [1.165, 1.54) is 11.1 Å². The number of piperidine rings is 1. The van der Waals surface area contributed by atoms with Gasteiger partial charge < -0.3 is 5.32 Å². The predicted molar refractivity (Wildman–Crippen MR) is 44.9 cm³/mol. The number of nitrogens with one attached hydrogen (secondary N) is 1. The molecule has 0 unspecified atom stereocenters.